The minimum absolute atomic E-state index is 0.122. The summed E-state index contributed by atoms with van der Waals surface area (Å²) in [6.45, 7) is 36.3. The largest absolute Gasteiger partial charge is 0.508 e. The fourth-order valence-corrected chi connectivity index (χ4v) is 6.31. The summed E-state index contributed by atoms with van der Waals surface area (Å²) in [6.07, 6.45) is 11.2. The highest BCUT2D eigenvalue weighted by Gasteiger charge is 2.24. The van der Waals surface area contributed by atoms with E-state index in [0.717, 1.165) is 27.7 Å². The number of rotatable bonds is 5. The molecule has 0 amide bonds. The second-order valence-corrected chi connectivity index (χ2v) is 15.2. The Hall–Kier alpha value is -5.14. The van der Waals surface area contributed by atoms with Crippen molar-refractivity contribution in [2.24, 2.45) is 11.3 Å². The van der Waals surface area contributed by atoms with Crippen molar-refractivity contribution in [3.8, 4) is 0 Å². The highest BCUT2D eigenvalue weighted by molar-refractivity contribution is 6.23. The van der Waals surface area contributed by atoms with Gasteiger partial charge < -0.3 is 5.11 Å². The number of aliphatic hydroxyl groups excluding tert-OH is 1. The Morgan fingerprint density at radius 1 is 0.673 bits per heavy atom. The van der Waals surface area contributed by atoms with Gasteiger partial charge in [-0.05, 0) is 103 Å². The van der Waals surface area contributed by atoms with E-state index in [-0.39, 0.29) is 11.2 Å². The summed E-state index contributed by atoms with van der Waals surface area (Å²) < 4.78 is 0. The molecule has 6 rings (SSSR count). The molecule has 1 atom stereocenters. The van der Waals surface area contributed by atoms with Gasteiger partial charge >= 0.3 is 0 Å². The molecular formula is C51H60O. The van der Waals surface area contributed by atoms with Crippen LogP contribution in [-0.4, -0.2) is 5.11 Å². The Labute approximate surface area is 313 Å². The second kappa shape index (κ2) is 18.4. The van der Waals surface area contributed by atoms with E-state index in [0.29, 0.717) is 5.92 Å². The van der Waals surface area contributed by atoms with Gasteiger partial charge in [-0.2, -0.15) is 0 Å². The van der Waals surface area contributed by atoms with Crippen molar-refractivity contribution in [2.75, 3.05) is 0 Å². The van der Waals surface area contributed by atoms with E-state index in [1.807, 2.05) is 38.1 Å². The van der Waals surface area contributed by atoms with Crippen molar-refractivity contribution in [2.45, 2.75) is 75.2 Å². The zero-order valence-electron chi connectivity index (χ0n) is 33.4. The maximum Gasteiger partial charge on any atom is 0.116 e. The molecule has 1 heteroatoms. The van der Waals surface area contributed by atoms with Crippen molar-refractivity contribution >= 4 is 61.0 Å². The molecule has 1 nitrogen and oxygen atoms in total. The number of hydrogen-bond acceptors (Lipinski definition) is 1. The molecule has 1 unspecified atom stereocenters. The van der Waals surface area contributed by atoms with Crippen LogP contribution in [0.25, 0.3) is 61.0 Å². The number of fused-ring (bicyclic) bond motifs is 1. The molecule has 0 spiro atoms. The van der Waals surface area contributed by atoms with Gasteiger partial charge in [0, 0.05) is 10.9 Å². The fourth-order valence-electron chi connectivity index (χ4n) is 6.31. The summed E-state index contributed by atoms with van der Waals surface area (Å²) in [5.74, 6) is 1.48. The van der Waals surface area contributed by atoms with E-state index in [1.165, 1.54) is 54.0 Å². The molecule has 0 heterocycles. The number of aryl methyl sites for hydroxylation is 1. The first-order valence-corrected chi connectivity index (χ1v) is 18.4. The topological polar surface area (TPSA) is 20.2 Å². The minimum Gasteiger partial charge on any atom is -0.508 e. The second-order valence-electron chi connectivity index (χ2n) is 15.2. The first kappa shape index (κ1) is 41.3. The van der Waals surface area contributed by atoms with Crippen LogP contribution in [0.4, 0.5) is 0 Å². The molecule has 0 fully saturated rings. The summed E-state index contributed by atoms with van der Waals surface area (Å²) in [6, 6.07) is 28.5. The van der Waals surface area contributed by atoms with Crippen LogP contribution in [0.15, 0.2) is 135 Å². The number of allylic oxidation sites excluding steroid dienone is 5. The lowest BCUT2D eigenvalue weighted by molar-refractivity contribution is 0.341. The van der Waals surface area contributed by atoms with Gasteiger partial charge in [0.25, 0.3) is 0 Å². The monoisotopic (exact) mass is 688 g/mol. The molecule has 6 aromatic carbocycles. The van der Waals surface area contributed by atoms with Gasteiger partial charge in [0.2, 0.25) is 0 Å². The molecule has 0 bridgehead atoms. The highest BCUT2D eigenvalue weighted by Crippen LogP contribution is 2.42. The normalized spacial score (nSPS) is 12.7. The van der Waals surface area contributed by atoms with Crippen molar-refractivity contribution in [1.29, 1.82) is 0 Å². The fraction of sp³-hybridized carbons (Fsp3) is 0.255. The van der Waals surface area contributed by atoms with Crippen LogP contribution >= 0.6 is 0 Å². The molecule has 6 aromatic rings. The maximum absolute atomic E-state index is 9.78. The molecule has 0 aliphatic heterocycles. The minimum atomic E-state index is 0.122. The summed E-state index contributed by atoms with van der Waals surface area (Å²) in [4.78, 5) is 0. The Balaban J connectivity index is 0.000000218. The molecule has 1 N–H and O–H groups in total. The summed E-state index contributed by atoms with van der Waals surface area (Å²) in [7, 11) is 0. The average molecular weight is 689 g/mol. The third-order valence-corrected chi connectivity index (χ3v) is 9.40. The van der Waals surface area contributed by atoms with E-state index in [2.05, 4.69) is 161 Å². The quantitative estimate of drug-likeness (QED) is 0.109. The average Bonchev–Trinajstić information content (AvgIpc) is 3.12. The predicted octanol–water partition coefficient (Wildman–Crippen LogP) is 14.1. The molecule has 0 radical (unpaired) electrons. The van der Waals surface area contributed by atoms with Crippen LogP contribution in [0.2, 0.25) is 0 Å². The lowest BCUT2D eigenvalue weighted by Crippen LogP contribution is -2.15. The number of hydrogen-bond donors (Lipinski definition) is 1. The zero-order valence-corrected chi connectivity index (χ0v) is 33.4. The number of benzene rings is 6. The van der Waals surface area contributed by atoms with E-state index >= 15 is 0 Å². The molecule has 0 aliphatic rings. The highest BCUT2D eigenvalue weighted by atomic mass is 16.3. The van der Waals surface area contributed by atoms with Gasteiger partial charge in [-0.3, -0.25) is 0 Å². The maximum atomic E-state index is 9.78. The van der Waals surface area contributed by atoms with Crippen LogP contribution in [0.3, 0.4) is 0 Å². The molecule has 0 aromatic heterocycles. The summed E-state index contributed by atoms with van der Waals surface area (Å²) in [5.41, 5.74) is 4.67. The van der Waals surface area contributed by atoms with Crippen molar-refractivity contribution in [3.05, 3.63) is 162 Å². The Kier molecular flexibility index (Phi) is 14.6. The third kappa shape index (κ3) is 9.80. The van der Waals surface area contributed by atoms with Crippen LogP contribution < -0.4 is 10.4 Å². The lowest BCUT2D eigenvalue weighted by atomic mass is 9.75. The molecule has 0 aliphatic carbocycles. The standard InChI is InChI=1S/C22H22.C17H18O.C8H10.C4H10/c1-14(22(2,3)4)18-12-10-17-9-8-15-6-5-7-16-11-13-19(18)21(17)20(15)16;1-5-13-9-10-15(12(4)18)17-14(6-2)8-7-11(3)16(13)17;1-4-6-7-8(3)5-2;1-4(2)3/h5-14H,1-4H3;5-10,18H,4H2,1-3H3;4-7H,1-3H2;4H,1-3H3/b;13-5-,14-6-;7-6-;. The van der Waals surface area contributed by atoms with Crippen molar-refractivity contribution < 1.29 is 5.11 Å². The Bertz CT molecular complexity index is 2320. The third-order valence-electron chi connectivity index (χ3n) is 9.40. The molecular weight excluding hydrogens is 629 g/mol. The van der Waals surface area contributed by atoms with Crippen molar-refractivity contribution in [1.82, 2.24) is 0 Å². The predicted molar refractivity (Wildman–Crippen MR) is 237 cm³/mol. The van der Waals surface area contributed by atoms with E-state index < -0.39 is 0 Å². The summed E-state index contributed by atoms with van der Waals surface area (Å²) in [5, 5.41) is 22.7. The van der Waals surface area contributed by atoms with E-state index in [9.17, 15) is 5.11 Å². The van der Waals surface area contributed by atoms with Gasteiger partial charge in [0.05, 0.1) is 0 Å². The van der Waals surface area contributed by atoms with Crippen LogP contribution in [0, 0.1) is 18.3 Å². The van der Waals surface area contributed by atoms with Gasteiger partial charge in [-0.1, -0.05) is 190 Å². The van der Waals surface area contributed by atoms with Gasteiger partial charge in [0.15, 0.2) is 0 Å². The zero-order chi connectivity index (χ0) is 38.7. The molecule has 0 saturated carbocycles. The molecule has 0 saturated heterocycles. The van der Waals surface area contributed by atoms with Gasteiger partial charge in [-0.25, -0.2) is 0 Å². The van der Waals surface area contributed by atoms with Crippen molar-refractivity contribution in [3.63, 3.8) is 0 Å². The SMILES string of the molecule is C=C(O)c1cc/c(=C/C)c2c(C)cc/c(=C/C)c12.C=C/C=C\C(=C)C=C.CC(C)C.CC(c1ccc2ccc3cccc4ccc1c2c34)C(C)(C)C. The van der Waals surface area contributed by atoms with Gasteiger partial charge in [0.1, 0.15) is 5.76 Å². The van der Waals surface area contributed by atoms with E-state index in [1.54, 1.807) is 12.2 Å². The first-order chi connectivity index (χ1) is 24.6. The summed E-state index contributed by atoms with van der Waals surface area (Å²) >= 11 is 0. The smallest absolute Gasteiger partial charge is 0.116 e. The van der Waals surface area contributed by atoms with Crippen LogP contribution in [-0.2, 0) is 0 Å². The Morgan fingerprint density at radius 3 is 1.71 bits per heavy atom. The van der Waals surface area contributed by atoms with E-state index in [4.69, 9.17) is 0 Å². The first-order valence-electron chi connectivity index (χ1n) is 18.4. The Morgan fingerprint density at radius 2 is 1.19 bits per heavy atom. The van der Waals surface area contributed by atoms with Crippen LogP contribution in [0.5, 0.6) is 0 Å². The lowest BCUT2D eigenvalue weighted by Gasteiger charge is -2.29. The number of aliphatic hydroxyl groups is 1. The molecule has 52 heavy (non-hydrogen) atoms. The van der Waals surface area contributed by atoms with Gasteiger partial charge in [-0.15, -0.1) is 0 Å². The molecule has 270 valence electrons. The van der Waals surface area contributed by atoms with Crippen LogP contribution in [0.1, 0.15) is 84.9 Å².